The van der Waals surface area contributed by atoms with Crippen LogP contribution in [0.15, 0.2) is 6.20 Å². The van der Waals surface area contributed by atoms with E-state index in [1.54, 1.807) is 23.5 Å². The summed E-state index contributed by atoms with van der Waals surface area (Å²) >= 11 is 9.61. The Morgan fingerprint density at radius 3 is 2.76 bits per heavy atom. The molecule has 0 bridgehead atoms. The molecule has 3 nitrogen and oxygen atoms in total. The molecule has 0 amide bonds. The third-order valence-electron chi connectivity index (χ3n) is 2.97. The summed E-state index contributed by atoms with van der Waals surface area (Å²) in [6, 6.07) is 0. The molecular weight excluding hydrogens is 276 g/mol. The summed E-state index contributed by atoms with van der Waals surface area (Å²) in [5, 5.41) is 5.56. The maximum atomic E-state index is 12.4. The number of Topliss-reactive ketones (excluding diaryl/α,β-unsaturated/α-hetero) is 1. The maximum Gasteiger partial charge on any atom is 0.196 e. The molecule has 3 unspecified atom stereocenters. The molecule has 2 heterocycles. The average Bonchev–Trinajstić information content (AvgIpc) is 2.62. The standard InChI is InChI=1S/C11H15ClN2OS2/c1-6-7(2)17-9(5-16-6)11(15)10-8(12)4-13-14(10)3/h4,6-7,9H,5H2,1-3H3. The number of ketones is 1. The van der Waals surface area contributed by atoms with E-state index in [2.05, 4.69) is 18.9 Å². The number of nitrogens with zero attached hydrogens (tertiary/aromatic N) is 2. The smallest absolute Gasteiger partial charge is 0.196 e. The lowest BCUT2D eigenvalue weighted by Gasteiger charge is -2.30. The van der Waals surface area contributed by atoms with Crippen molar-refractivity contribution in [3.8, 4) is 0 Å². The summed E-state index contributed by atoms with van der Waals surface area (Å²) in [6.45, 7) is 4.38. The summed E-state index contributed by atoms with van der Waals surface area (Å²) in [5.74, 6) is 0.961. The van der Waals surface area contributed by atoms with Crippen LogP contribution in [0.3, 0.4) is 0 Å². The van der Waals surface area contributed by atoms with Gasteiger partial charge in [-0.3, -0.25) is 9.48 Å². The molecular formula is C11H15ClN2OS2. The van der Waals surface area contributed by atoms with Gasteiger partial charge in [0.05, 0.1) is 16.5 Å². The monoisotopic (exact) mass is 290 g/mol. The Hall–Kier alpha value is -0.130. The molecule has 1 aliphatic heterocycles. The van der Waals surface area contributed by atoms with Gasteiger partial charge in [0.1, 0.15) is 5.69 Å². The van der Waals surface area contributed by atoms with Crippen molar-refractivity contribution >= 4 is 40.9 Å². The molecule has 1 fully saturated rings. The van der Waals surface area contributed by atoms with Crippen LogP contribution in [0.2, 0.25) is 5.02 Å². The van der Waals surface area contributed by atoms with Gasteiger partial charge in [-0.15, -0.1) is 11.8 Å². The highest BCUT2D eigenvalue weighted by Gasteiger charge is 2.33. The highest BCUT2D eigenvalue weighted by Crippen LogP contribution is 2.37. The Morgan fingerprint density at radius 1 is 1.53 bits per heavy atom. The second-order valence-electron chi connectivity index (χ2n) is 4.20. The van der Waals surface area contributed by atoms with Crippen LogP contribution < -0.4 is 0 Å². The molecule has 94 valence electrons. The Bertz CT molecular complexity index is 416. The van der Waals surface area contributed by atoms with E-state index in [-0.39, 0.29) is 11.0 Å². The van der Waals surface area contributed by atoms with Gasteiger partial charge >= 0.3 is 0 Å². The van der Waals surface area contributed by atoms with E-state index in [0.29, 0.717) is 21.2 Å². The van der Waals surface area contributed by atoms with Crippen LogP contribution in [0.5, 0.6) is 0 Å². The minimum Gasteiger partial charge on any atom is -0.291 e. The highest BCUT2D eigenvalue weighted by molar-refractivity contribution is 8.08. The summed E-state index contributed by atoms with van der Waals surface area (Å²) in [7, 11) is 1.76. The number of hydrogen-bond acceptors (Lipinski definition) is 4. The van der Waals surface area contributed by atoms with E-state index in [1.807, 2.05) is 11.8 Å². The van der Waals surface area contributed by atoms with Crippen molar-refractivity contribution in [3.05, 3.63) is 16.9 Å². The van der Waals surface area contributed by atoms with Gasteiger partial charge in [-0.25, -0.2) is 0 Å². The quantitative estimate of drug-likeness (QED) is 0.785. The molecule has 1 aromatic heterocycles. The zero-order valence-corrected chi connectivity index (χ0v) is 12.4. The van der Waals surface area contributed by atoms with Crippen LogP contribution >= 0.6 is 35.1 Å². The Morgan fingerprint density at radius 2 is 2.24 bits per heavy atom. The first kappa shape index (κ1) is 13.3. The van der Waals surface area contributed by atoms with Crippen LogP contribution in [0.1, 0.15) is 24.3 Å². The number of hydrogen-bond donors (Lipinski definition) is 0. The molecule has 0 saturated carbocycles. The summed E-state index contributed by atoms with van der Waals surface area (Å²) in [4.78, 5) is 12.4. The Labute approximate surface area is 115 Å². The minimum atomic E-state index is -0.000833. The fourth-order valence-electron chi connectivity index (χ4n) is 1.76. The molecule has 0 N–H and O–H groups in total. The predicted molar refractivity (Wildman–Crippen MR) is 75.3 cm³/mol. The number of carbonyl (C=O) groups is 1. The van der Waals surface area contributed by atoms with E-state index in [9.17, 15) is 4.79 Å². The van der Waals surface area contributed by atoms with Crippen molar-refractivity contribution in [1.29, 1.82) is 0 Å². The fourth-order valence-corrected chi connectivity index (χ4v) is 4.87. The third-order valence-corrected chi connectivity index (χ3v) is 6.64. The summed E-state index contributed by atoms with van der Waals surface area (Å²) < 4.78 is 1.57. The molecule has 0 aliphatic carbocycles. The molecule has 17 heavy (non-hydrogen) atoms. The number of carbonyl (C=O) groups excluding carboxylic acids is 1. The van der Waals surface area contributed by atoms with Gasteiger partial charge in [-0.1, -0.05) is 25.4 Å². The van der Waals surface area contributed by atoms with Crippen LogP contribution in [-0.2, 0) is 7.05 Å². The highest BCUT2D eigenvalue weighted by atomic mass is 35.5. The number of thioether (sulfide) groups is 2. The van der Waals surface area contributed by atoms with Gasteiger partial charge in [-0.05, 0) is 0 Å². The van der Waals surface area contributed by atoms with Crippen molar-refractivity contribution in [2.75, 3.05) is 5.75 Å². The molecule has 1 saturated heterocycles. The minimum absolute atomic E-state index is 0.000833. The van der Waals surface area contributed by atoms with Gasteiger partial charge in [0.25, 0.3) is 0 Å². The number of aromatic nitrogens is 2. The van der Waals surface area contributed by atoms with Crippen molar-refractivity contribution in [3.63, 3.8) is 0 Å². The van der Waals surface area contributed by atoms with Gasteiger partial charge in [-0.2, -0.15) is 16.9 Å². The van der Waals surface area contributed by atoms with Crippen LogP contribution in [0, 0.1) is 0 Å². The zero-order chi connectivity index (χ0) is 12.6. The third kappa shape index (κ3) is 2.66. The number of rotatable bonds is 2. The van der Waals surface area contributed by atoms with E-state index < -0.39 is 0 Å². The molecule has 2 rings (SSSR count). The second kappa shape index (κ2) is 5.24. The van der Waals surface area contributed by atoms with Crippen LogP contribution in [-0.4, -0.2) is 37.1 Å². The summed E-state index contributed by atoms with van der Waals surface area (Å²) in [6.07, 6.45) is 1.53. The lowest BCUT2D eigenvalue weighted by atomic mass is 10.2. The van der Waals surface area contributed by atoms with Crippen molar-refractivity contribution in [2.24, 2.45) is 7.05 Å². The van der Waals surface area contributed by atoms with Crippen LogP contribution in [0.4, 0.5) is 0 Å². The van der Waals surface area contributed by atoms with E-state index in [0.717, 1.165) is 5.75 Å². The first-order chi connectivity index (χ1) is 8.00. The first-order valence-electron chi connectivity index (χ1n) is 5.49. The van der Waals surface area contributed by atoms with Gasteiger partial charge in [0, 0.05) is 23.3 Å². The number of aryl methyl sites for hydroxylation is 1. The molecule has 0 aromatic carbocycles. The fraction of sp³-hybridized carbons (Fsp3) is 0.636. The van der Waals surface area contributed by atoms with Crippen molar-refractivity contribution in [2.45, 2.75) is 29.6 Å². The van der Waals surface area contributed by atoms with Crippen molar-refractivity contribution in [1.82, 2.24) is 9.78 Å². The molecule has 1 aliphatic rings. The molecule has 1 aromatic rings. The lowest BCUT2D eigenvalue weighted by molar-refractivity contribution is 0.0986. The molecule has 3 atom stereocenters. The summed E-state index contributed by atoms with van der Waals surface area (Å²) in [5.41, 5.74) is 0.534. The first-order valence-corrected chi connectivity index (χ1v) is 7.86. The number of halogens is 1. The van der Waals surface area contributed by atoms with E-state index >= 15 is 0 Å². The van der Waals surface area contributed by atoms with Gasteiger partial charge in [0.2, 0.25) is 0 Å². The second-order valence-corrected chi connectivity index (χ2v) is 7.60. The predicted octanol–water partition coefficient (Wildman–Crippen LogP) is 2.88. The van der Waals surface area contributed by atoms with Gasteiger partial charge in [0.15, 0.2) is 5.78 Å². The molecule has 6 heteroatoms. The van der Waals surface area contributed by atoms with Gasteiger partial charge < -0.3 is 0 Å². The Kier molecular flexibility index (Phi) is 4.10. The van der Waals surface area contributed by atoms with E-state index in [1.165, 1.54) is 6.20 Å². The Balaban J connectivity index is 2.16. The normalized spacial score (nSPS) is 29.3. The molecule has 0 spiro atoms. The lowest BCUT2D eigenvalue weighted by Crippen LogP contribution is -2.32. The van der Waals surface area contributed by atoms with Crippen molar-refractivity contribution < 1.29 is 4.79 Å². The topological polar surface area (TPSA) is 34.9 Å². The largest absolute Gasteiger partial charge is 0.291 e. The maximum absolute atomic E-state index is 12.4. The van der Waals surface area contributed by atoms with Crippen LogP contribution in [0.25, 0.3) is 0 Å². The average molecular weight is 291 g/mol. The molecule has 0 radical (unpaired) electrons. The van der Waals surface area contributed by atoms with E-state index in [4.69, 9.17) is 11.6 Å². The zero-order valence-electron chi connectivity index (χ0n) is 10.0. The SMILES string of the molecule is CC1SCC(C(=O)c2c(Cl)cnn2C)SC1C.